The normalized spacial score (nSPS) is 19.0. The fourth-order valence-corrected chi connectivity index (χ4v) is 5.48. The summed E-state index contributed by atoms with van der Waals surface area (Å²) in [6.07, 6.45) is 7.87. The van der Waals surface area contributed by atoms with Crippen molar-refractivity contribution >= 4 is 33.2 Å². The van der Waals surface area contributed by atoms with Crippen LogP contribution < -0.4 is 5.32 Å². The van der Waals surface area contributed by atoms with E-state index in [1.807, 2.05) is 24.4 Å². The summed E-state index contributed by atoms with van der Waals surface area (Å²) in [5.74, 6) is -0.443. The molecule has 1 aliphatic heterocycles. The molecule has 180 valence electrons. The predicted octanol–water partition coefficient (Wildman–Crippen LogP) is 4.96. The van der Waals surface area contributed by atoms with Crippen LogP contribution in [0.15, 0.2) is 84.3 Å². The second-order valence-corrected chi connectivity index (χ2v) is 9.96. The van der Waals surface area contributed by atoms with Crippen LogP contribution in [0.1, 0.15) is 11.3 Å². The Hall–Kier alpha value is -4.24. The van der Waals surface area contributed by atoms with Crippen molar-refractivity contribution in [1.29, 1.82) is 0 Å². The molecule has 2 atom stereocenters. The van der Waals surface area contributed by atoms with Gasteiger partial charge in [0.2, 0.25) is 0 Å². The summed E-state index contributed by atoms with van der Waals surface area (Å²) >= 11 is 1.70. The first kappa shape index (κ1) is 22.2. The number of ether oxygens (including phenoxy) is 1. The van der Waals surface area contributed by atoms with Crippen LogP contribution >= 0.6 is 11.3 Å². The van der Waals surface area contributed by atoms with Crippen LogP contribution in [0.25, 0.3) is 20.8 Å². The number of thiazole rings is 1. The maximum Gasteiger partial charge on any atom is 0.331 e. The molecule has 8 nitrogen and oxygen atoms in total. The minimum absolute atomic E-state index is 0.0996. The third-order valence-electron chi connectivity index (χ3n) is 6.23. The number of hydrogen-bond acceptors (Lipinski definition) is 8. The Morgan fingerprint density at radius 2 is 2.06 bits per heavy atom. The second-order valence-electron chi connectivity index (χ2n) is 8.93. The van der Waals surface area contributed by atoms with Crippen molar-refractivity contribution in [3.8, 4) is 10.6 Å². The number of hydrogen-bond donors (Lipinski definition) is 2. The quantitative estimate of drug-likeness (QED) is 0.363. The van der Waals surface area contributed by atoms with E-state index in [0.29, 0.717) is 13.1 Å². The average molecular weight is 498 g/mol. The van der Waals surface area contributed by atoms with Crippen LogP contribution in [0.5, 0.6) is 0 Å². The van der Waals surface area contributed by atoms with E-state index in [-0.39, 0.29) is 11.7 Å². The van der Waals surface area contributed by atoms with Crippen LogP contribution in [-0.2, 0) is 22.6 Å². The molecule has 2 unspecified atom stereocenters. The highest BCUT2D eigenvalue weighted by Gasteiger charge is 2.32. The number of nitrogens with zero attached hydrogens (tertiary/aromatic N) is 4. The lowest BCUT2D eigenvalue weighted by atomic mass is 9.87. The predicted molar refractivity (Wildman–Crippen MR) is 138 cm³/mol. The summed E-state index contributed by atoms with van der Waals surface area (Å²) in [6.45, 7) is 3.02. The molecule has 2 aliphatic rings. The van der Waals surface area contributed by atoms with Crippen molar-refractivity contribution in [1.82, 2.24) is 20.0 Å². The summed E-state index contributed by atoms with van der Waals surface area (Å²) in [4.78, 5) is 16.7. The molecule has 9 heteroatoms. The molecule has 0 radical (unpaired) electrons. The van der Waals surface area contributed by atoms with Crippen LogP contribution in [0.3, 0.4) is 0 Å². The molecule has 1 aliphatic carbocycles. The Morgan fingerprint density at radius 3 is 2.92 bits per heavy atom. The van der Waals surface area contributed by atoms with Crippen molar-refractivity contribution < 1.29 is 14.6 Å². The Kier molecular flexibility index (Phi) is 5.61. The van der Waals surface area contributed by atoms with E-state index in [0.717, 1.165) is 33.0 Å². The van der Waals surface area contributed by atoms with Gasteiger partial charge in [-0.3, -0.25) is 0 Å². The number of esters is 1. The topological polar surface area (TPSA) is 102 Å². The minimum Gasteiger partial charge on any atom is -0.508 e. The Bertz CT molecular complexity index is 1550. The molecule has 0 bridgehead atoms. The third-order valence-corrected chi connectivity index (χ3v) is 7.29. The Balaban J connectivity index is 1.09. The molecule has 0 saturated heterocycles. The summed E-state index contributed by atoms with van der Waals surface area (Å²) in [5, 5.41) is 22.6. The first-order valence-corrected chi connectivity index (χ1v) is 12.4. The van der Waals surface area contributed by atoms with Gasteiger partial charge in [0.05, 0.1) is 29.5 Å². The van der Waals surface area contributed by atoms with Crippen molar-refractivity contribution in [3.05, 3.63) is 95.6 Å². The third kappa shape index (κ3) is 4.52. The highest BCUT2D eigenvalue weighted by atomic mass is 32.1. The molecule has 0 spiro atoms. The largest absolute Gasteiger partial charge is 0.508 e. The summed E-state index contributed by atoms with van der Waals surface area (Å²) < 4.78 is 8.22. The molecule has 0 amide bonds. The molecule has 6 rings (SSSR count). The Labute approximate surface area is 211 Å². The van der Waals surface area contributed by atoms with Gasteiger partial charge in [-0.15, -0.1) is 16.4 Å². The minimum atomic E-state index is -0.498. The van der Waals surface area contributed by atoms with Crippen molar-refractivity contribution in [2.75, 3.05) is 5.32 Å². The van der Waals surface area contributed by atoms with Gasteiger partial charge in [-0.25, -0.2) is 14.5 Å². The zero-order chi connectivity index (χ0) is 24.6. The summed E-state index contributed by atoms with van der Waals surface area (Å²) in [7, 11) is 0. The fourth-order valence-electron chi connectivity index (χ4n) is 4.41. The van der Waals surface area contributed by atoms with Gasteiger partial charge in [0.15, 0.2) is 0 Å². The number of benzene rings is 2. The van der Waals surface area contributed by atoms with E-state index < -0.39 is 12.1 Å². The van der Waals surface area contributed by atoms with Gasteiger partial charge in [-0.1, -0.05) is 17.4 Å². The number of aliphatic hydroxyl groups is 1. The molecular weight excluding hydrogens is 474 g/mol. The first-order chi connectivity index (χ1) is 17.5. The number of rotatable bonds is 6. The van der Waals surface area contributed by atoms with E-state index in [9.17, 15) is 9.90 Å². The van der Waals surface area contributed by atoms with E-state index >= 15 is 0 Å². The number of carbonyl (C=O) groups is 1. The maximum atomic E-state index is 12.0. The molecule has 4 aromatic rings. The molecule has 0 saturated carbocycles. The first-order valence-electron chi connectivity index (χ1n) is 11.6. The molecular formula is C27H23N5O3S. The highest BCUT2D eigenvalue weighted by Crippen LogP contribution is 2.32. The van der Waals surface area contributed by atoms with Crippen LogP contribution in [0.2, 0.25) is 0 Å². The number of aryl methyl sites for hydroxylation is 1. The van der Waals surface area contributed by atoms with Gasteiger partial charge >= 0.3 is 5.97 Å². The standard InChI is InChI=1S/C27H23N5O3S/c1-16-2-9-23-25(10-16)36-27(29-23)17-3-5-19(6-4-17)28-13-20-15-32(31-30-20)14-18-11-26(34)35-24-12-21(33)7-8-22(18)24/h2-12,15,22,24,28,33H,13-14H2,1H3. The van der Waals surface area contributed by atoms with Crippen molar-refractivity contribution in [3.63, 3.8) is 0 Å². The molecule has 2 aromatic heterocycles. The number of fused-ring (bicyclic) bond motifs is 2. The molecule has 2 aromatic carbocycles. The zero-order valence-corrected chi connectivity index (χ0v) is 20.3. The molecule has 2 N–H and O–H groups in total. The lowest BCUT2D eigenvalue weighted by molar-refractivity contribution is -0.143. The lowest BCUT2D eigenvalue weighted by Crippen LogP contribution is -2.33. The number of aliphatic hydroxyl groups excluding tert-OH is 1. The van der Waals surface area contributed by atoms with Gasteiger partial charge in [-0.05, 0) is 66.6 Å². The molecule has 0 fully saturated rings. The number of allylic oxidation sites excluding steroid dienone is 1. The van der Waals surface area contributed by atoms with Gasteiger partial charge in [0.25, 0.3) is 0 Å². The van der Waals surface area contributed by atoms with Crippen LogP contribution in [-0.4, -0.2) is 37.2 Å². The lowest BCUT2D eigenvalue weighted by Gasteiger charge is -2.30. The van der Waals surface area contributed by atoms with Crippen LogP contribution in [0, 0.1) is 12.8 Å². The van der Waals surface area contributed by atoms with Gasteiger partial charge in [0.1, 0.15) is 22.6 Å². The molecule has 36 heavy (non-hydrogen) atoms. The number of anilines is 1. The van der Waals surface area contributed by atoms with E-state index in [4.69, 9.17) is 9.72 Å². The zero-order valence-electron chi connectivity index (χ0n) is 19.5. The summed E-state index contributed by atoms with van der Waals surface area (Å²) in [6, 6.07) is 14.5. The van der Waals surface area contributed by atoms with Crippen molar-refractivity contribution in [2.24, 2.45) is 5.92 Å². The van der Waals surface area contributed by atoms with Gasteiger partial charge < -0.3 is 15.2 Å². The SMILES string of the molecule is Cc1ccc2nc(-c3ccc(NCc4cn(CC5=CC(=O)OC6C=C(O)C=CC56)nn4)cc3)sc2c1. The van der Waals surface area contributed by atoms with Crippen molar-refractivity contribution in [2.45, 2.75) is 26.1 Å². The highest BCUT2D eigenvalue weighted by molar-refractivity contribution is 7.21. The van der Waals surface area contributed by atoms with Gasteiger partial charge in [-0.2, -0.15) is 0 Å². The monoisotopic (exact) mass is 497 g/mol. The van der Waals surface area contributed by atoms with E-state index in [2.05, 4.69) is 52.9 Å². The number of nitrogens with one attached hydrogen (secondary N) is 1. The number of aromatic nitrogens is 4. The maximum absolute atomic E-state index is 12.0. The van der Waals surface area contributed by atoms with Gasteiger partial charge in [0, 0.05) is 23.2 Å². The number of carbonyl (C=O) groups excluding carboxylic acids is 1. The smallest absolute Gasteiger partial charge is 0.331 e. The second kappa shape index (κ2) is 9.09. The fraction of sp³-hybridized carbons (Fsp3) is 0.185. The average Bonchev–Trinajstić information content (AvgIpc) is 3.49. The Morgan fingerprint density at radius 1 is 1.19 bits per heavy atom. The summed E-state index contributed by atoms with van der Waals surface area (Å²) in [5.41, 5.74) is 5.97. The van der Waals surface area contributed by atoms with E-state index in [1.165, 1.54) is 16.3 Å². The molecule has 3 heterocycles. The van der Waals surface area contributed by atoms with E-state index in [1.54, 1.807) is 28.2 Å². The van der Waals surface area contributed by atoms with Crippen LogP contribution in [0.4, 0.5) is 5.69 Å².